The maximum Gasteiger partial charge on any atom is 0.220 e. The van der Waals surface area contributed by atoms with Gasteiger partial charge >= 0.3 is 0 Å². The fourth-order valence-electron chi connectivity index (χ4n) is 3.47. The van der Waals surface area contributed by atoms with Crippen molar-refractivity contribution >= 4 is 40.0 Å². The Hall–Kier alpha value is -1.19. The second kappa shape index (κ2) is 5.47. The molecule has 1 saturated carbocycles. The van der Waals surface area contributed by atoms with Gasteiger partial charge in [-0.05, 0) is 55.7 Å². The van der Waals surface area contributed by atoms with Gasteiger partial charge in [-0.2, -0.15) is 0 Å². The van der Waals surface area contributed by atoms with Crippen LogP contribution in [-0.2, 0) is 17.6 Å². The van der Waals surface area contributed by atoms with Crippen LogP contribution in [0.25, 0.3) is 10.9 Å². The molecule has 1 atom stereocenters. The van der Waals surface area contributed by atoms with Gasteiger partial charge in [0.05, 0.1) is 5.02 Å². The molecule has 1 heterocycles. The molecule has 2 aliphatic carbocycles. The Morgan fingerprint density at radius 2 is 2.09 bits per heavy atom. The van der Waals surface area contributed by atoms with E-state index in [0.717, 1.165) is 30.2 Å². The third-order valence-electron chi connectivity index (χ3n) is 4.74. The molecule has 1 amide bonds. The first-order valence-electron chi connectivity index (χ1n) is 7.88. The summed E-state index contributed by atoms with van der Waals surface area (Å²) >= 11 is 12.5. The molecular weight excluding hydrogens is 319 g/mol. The highest BCUT2D eigenvalue weighted by Gasteiger charge is 2.28. The summed E-state index contributed by atoms with van der Waals surface area (Å²) < 4.78 is 0. The third-order valence-corrected chi connectivity index (χ3v) is 5.25. The highest BCUT2D eigenvalue weighted by Crippen LogP contribution is 2.36. The lowest BCUT2D eigenvalue weighted by Crippen LogP contribution is -2.38. The molecule has 1 aromatic heterocycles. The predicted molar refractivity (Wildman–Crippen MR) is 89.6 cm³/mol. The zero-order chi connectivity index (χ0) is 15.3. The maximum atomic E-state index is 12.0. The molecule has 1 unspecified atom stereocenters. The van der Waals surface area contributed by atoms with Crippen molar-refractivity contribution in [3.63, 3.8) is 0 Å². The minimum Gasteiger partial charge on any atom is -0.358 e. The van der Waals surface area contributed by atoms with Gasteiger partial charge in [0.15, 0.2) is 0 Å². The second-order valence-corrected chi connectivity index (χ2v) is 7.39. The Bertz CT molecular complexity index is 749. The molecule has 2 aliphatic rings. The van der Waals surface area contributed by atoms with Crippen LogP contribution in [0.2, 0.25) is 10.0 Å². The standard InChI is InChI=1S/C17H18Cl2N2O/c18-10-6-13(19)17-12-8-11(20-16(22)5-9-1-2-9)3-4-14(12)21-15(17)7-10/h6-7,9,11,21H,1-5,8H2,(H,20,22). The zero-order valence-corrected chi connectivity index (χ0v) is 13.7. The fraction of sp³-hybridized carbons (Fsp3) is 0.471. The molecule has 116 valence electrons. The minimum atomic E-state index is 0.199. The summed E-state index contributed by atoms with van der Waals surface area (Å²) in [6.07, 6.45) is 5.86. The monoisotopic (exact) mass is 336 g/mol. The average Bonchev–Trinajstić information content (AvgIpc) is 3.16. The number of carbonyl (C=O) groups excluding carboxylic acids is 1. The zero-order valence-electron chi connectivity index (χ0n) is 12.2. The number of fused-ring (bicyclic) bond motifs is 3. The third kappa shape index (κ3) is 2.72. The van der Waals surface area contributed by atoms with Gasteiger partial charge in [-0.1, -0.05) is 23.2 Å². The van der Waals surface area contributed by atoms with E-state index in [4.69, 9.17) is 23.2 Å². The largest absolute Gasteiger partial charge is 0.358 e. The van der Waals surface area contributed by atoms with Gasteiger partial charge in [-0.15, -0.1) is 0 Å². The Morgan fingerprint density at radius 3 is 2.86 bits per heavy atom. The van der Waals surface area contributed by atoms with Crippen molar-refractivity contribution < 1.29 is 4.79 Å². The number of aromatic nitrogens is 1. The average molecular weight is 337 g/mol. The van der Waals surface area contributed by atoms with Gasteiger partial charge in [0, 0.05) is 34.1 Å². The highest BCUT2D eigenvalue weighted by atomic mass is 35.5. The molecule has 3 nitrogen and oxygen atoms in total. The fourth-order valence-corrected chi connectivity index (χ4v) is 4.07. The van der Waals surface area contributed by atoms with Crippen LogP contribution in [0.3, 0.4) is 0 Å². The summed E-state index contributed by atoms with van der Waals surface area (Å²) in [6.45, 7) is 0. The number of hydrogen-bond acceptors (Lipinski definition) is 1. The normalized spacial score (nSPS) is 20.9. The first-order chi connectivity index (χ1) is 10.6. The van der Waals surface area contributed by atoms with Crippen molar-refractivity contribution in [1.29, 1.82) is 0 Å². The summed E-state index contributed by atoms with van der Waals surface area (Å²) in [5, 5.41) is 5.58. The number of aromatic amines is 1. The van der Waals surface area contributed by atoms with Crippen LogP contribution in [0.5, 0.6) is 0 Å². The van der Waals surface area contributed by atoms with Crippen LogP contribution >= 0.6 is 23.2 Å². The highest BCUT2D eigenvalue weighted by molar-refractivity contribution is 6.38. The molecule has 0 bridgehead atoms. The van der Waals surface area contributed by atoms with E-state index < -0.39 is 0 Å². The molecule has 0 saturated heterocycles. The van der Waals surface area contributed by atoms with Gasteiger partial charge in [0.2, 0.25) is 5.91 Å². The lowest BCUT2D eigenvalue weighted by Gasteiger charge is -2.23. The van der Waals surface area contributed by atoms with Crippen LogP contribution < -0.4 is 5.32 Å². The summed E-state index contributed by atoms with van der Waals surface area (Å²) in [7, 11) is 0. The van der Waals surface area contributed by atoms with E-state index in [9.17, 15) is 4.79 Å². The van der Waals surface area contributed by atoms with Crippen molar-refractivity contribution in [2.45, 2.75) is 44.6 Å². The van der Waals surface area contributed by atoms with Crippen molar-refractivity contribution in [3.05, 3.63) is 33.4 Å². The van der Waals surface area contributed by atoms with Crippen LogP contribution in [0.15, 0.2) is 12.1 Å². The number of amides is 1. The number of benzene rings is 1. The molecule has 2 aromatic rings. The predicted octanol–water partition coefficient (Wildman–Crippen LogP) is 4.25. The van der Waals surface area contributed by atoms with Crippen LogP contribution in [0.4, 0.5) is 0 Å². The summed E-state index contributed by atoms with van der Waals surface area (Å²) in [6, 6.07) is 3.92. The summed E-state index contributed by atoms with van der Waals surface area (Å²) in [5.74, 6) is 0.828. The molecule has 1 aromatic carbocycles. The van der Waals surface area contributed by atoms with Crippen LogP contribution in [0.1, 0.15) is 36.9 Å². The molecule has 1 fully saturated rings. The number of carbonyl (C=O) groups is 1. The van der Waals surface area contributed by atoms with E-state index in [0.29, 0.717) is 22.4 Å². The molecule has 0 spiro atoms. The lowest BCUT2D eigenvalue weighted by molar-refractivity contribution is -0.122. The first kappa shape index (κ1) is 14.4. The number of rotatable bonds is 3. The van der Waals surface area contributed by atoms with E-state index in [1.54, 1.807) is 6.07 Å². The quantitative estimate of drug-likeness (QED) is 0.864. The van der Waals surface area contributed by atoms with Gasteiger partial charge in [0.25, 0.3) is 0 Å². The number of H-pyrrole nitrogens is 1. The number of aryl methyl sites for hydroxylation is 1. The number of nitrogens with one attached hydrogen (secondary N) is 2. The van der Waals surface area contributed by atoms with Gasteiger partial charge in [-0.3, -0.25) is 4.79 Å². The van der Waals surface area contributed by atoms with E-state index in [-0.39, 0.29) is 11.9 Å². The first-order valence-corrected chi connectivity index (χ1v) is 8.63. The lowest BCUT2D eigenvalue weighted by atomic mass is 9.91. The topological polar surface area (TPSA) is 44.9 Å². The van der Waals surface area contributed by atoms with E-state index in [1.807, 2.05) is 6.07 Å². The number of halogens is 2. The Kier molecular flexibility index (Phi) is 3.58. The summed E-state index contributed by atoms with van der Waals surface area (Å²) in [5.41, 5.74) is 3.46. The van der Waals surface area contributed by atoms with Gasteiger partial charge < -0.3 is 10.3 Å². The Labute approximate surface area is 139 Å². The Morgan fingerprint density at radius 1 is 1.27 bits per heavy atom. The van der Waals surface area contributed by atoms with Crippen molar-refractivity contribution in [3.8, 4) is 0 Å². The van der Waals surface area contributed by atoms with E-state index in [1.165, 1.54) is 24.1 Å². The van der Waals surface area contributed by atoms with Gasteiger partial charge in [0.1, 0.15) is 0 Å². The molecule has 4 rings (SSSR count). The van der Waals surface area contributed by atoms with Crippen molar-refractivity contribution in [1.82, 2.24) is 10.3 Å². The van der Waals surface area contributed by atoms with Crippen molar-refractivity contribution in [2.24, 2.45) is 5.92 Å². The van der Waals surface area contributed by atoms with E-state index in [2.05, 4.69) is 10.3 Å². The summed E-state index contributed by atoms with van der Waals surface area (Å²) in [4.78, 5) is 15.5. The van der Waals surface area contributed by atoms with Gasteiger partial charge in [-0.25, -0.2) is 0 Å². The minimum absolute atomic E-state index is 0.199. The molecule has 0 aliphatic heterocycles. The molecule has 22 heavy (non-hydrogen) atoms. The van der Waals surface area contributed by atoms with Crippen molar-refractivity contribution in [2.75, 3.05) is 0 Å². The van der Waals surface area contributed by atoms with E-state index >= 15 is 0 Å². The smallest absolute Gasteiger partial charge is 0.220 e. The second-order valence-electron chi connectivity index (χ2n) is 6.55. The Balaban J connectivity index is 1.58. The SMILES string of the molecule is O=C(CC1CC1)NC1CCc2[nH]c3cc(Cl)cc(Cl)c3c2C1. The number of hydrogen-bond donors (Lipinski definition) is 2. The molecular formula is C17H18Cl2N2O. The van der Waals surface area contributed by atoms with Crippen LogP contribution in [0, 0.1) is 5.92 Å². The maximum absolute atomic E-state index is 12.0. The molecule has 0 radical (unpaired) electrons. The molecule has 2 N–H and O–H groups in total. The van der Waals surface area contributed by atoms with Crippen LogP contribution in [-0.4, -0.2) is 16.9 Å². The molecule has 5 heteroatoms.